The number of carbonyl (C=O) groups excluding carboxylic acids is 1. The van der Waals surface area contributed by atoms with Crippen LogP contribution in [-0.2, 0) is 6.54 Å². The maximum atomic E-state index is 13.4. The number of ether oxygens (including phenoxy) is 1. The Bertz CT molecular complexity index is 633. The van der Waals surface area contributed by atoms with Gasteiger partial charge in [-0.05, 0) is 26.0 Å². The molecule has 118 valence electrons. The van der Waals surface area contributed by atoms with Gasteiger partial charge in [-0.1, -0.05) is 12.1 Å². The van der Waals surface area contributed by atoms with Gasteiger partial charge in [0.1, 0.15) is 6.10 Å². The number of aromatic nitrogens is 1. The normalized spacial score (nSPS) is 11.8. The van der Waals surface area contributed by atoms with Crippen LogP contribution in [-0.4, -0.2) is 23.7 Å². The van der Waals surface area contributed by atoms with E-state index in [-0.39, 0.29) is 24.4 Å². The average molecular weight is 323 g/mol. The fourth-order valence-corrected chi connectivity index (χ4v) is 2.49. The molecule has 0 aliphatic rings. The molecule has 0 saturated carbocycles. The quantitative estimate of drug-likeness (QED) is 0.859. The van der Waals surface area contributed by atoms with Crippen LogP contribution in [0.3, 0.4) is 0 Å². The van der Waals surface area contributed by atoms with Gasteiger partial charge in [-0.3, -0.25) is 0 Å². The summed E-state index contributed by atoms with van der Waals surface area (Å²) in [4.78, 5) is 16.8. The minimum absolute atomic E-state index is 0.178. The number of hydrogen-bond acceptors (Lipinski definition) is 4. The van der Waals surface area contributed by atoms with Gasteiger partial charge in [0.25, 0.3) is 0 Å². The molecule has 2 N–H and O–H groups in total. The summed E-state index contributed by atoms with van der Waals surface area (Å²) in [5.41, 5.74) is 0. The summed E-state index contributed by atoms with van der Waals surface area (Å²) >= 11 is 1.54. The predicted octanol–water partition coefficient (Wildman–Crippen LogP) is 2.86. The molecule has 5 nitrogen and oxygen atoms in total. The lowest BCUT2D eigenvalue weighted by molar-refractivity contribution is 0.201. The zero-order valence-corrected chi connectivity index (χ0v) is 13.2. The van der Waals surface area contributed by atoms with Crippen LogP contribution in [0.1, 0.15) is 16.8 Å². The molecule has 2 amide bonds. The van der Waals surface area contributed by atoms with Crippen molar-refractivity contribution in [2.45, 2.75) is 26.5 Å². The summed E-state index contributed by atoms with van der Waals surface area (Å²) in [5.74, 6) is -0.239. The van der Waals surface area contributed by atoms with Crippen molar-refractivity contribution in [3.05, 3.63) is 46.2 Å². The summed E-state index contributed by atoms with van der Waals surface area (Å²) in [5, 5.41) is 6.38. The molecule has 0 fully saturated rings. The highest BCUT2D eigenvalue weighted by Gasteiger charge is 2.09. The number of rotatable bonds is 6. The lowest BCUT2D eigenvalue weighted by atomic mass is 10.3. The number of urea groups is 1. The first-order valence-electron chi connectivity index (χ1n) is 6.89. The maximum Gasteiger partial charge on any atom is 0.315 e. The topological polar surface area (TPSA) is 63.2 Å². The lowest BCUT2D eigenvalue weighted by Crippen LogP contribution is -2.40. The number of para-hydroxylation sites is 1. The van der Waals surface area contributed by atoms with Crippen LogP contribution >= 0.6 is 11.3 Å². The molecule has 0 unspecified atom stereocenters. The van der Waals surface area contributed by atoms with Gasteiger partial charge in [0.05, 0.1) is 18.1 Å². The third-order valence-electron chi connectivity index (χ3n) is 2.81. The number of nitrogens with zero attached hydrogens (tertiary/aromatic N) is 1. The second kappa shape index (κ2) is 7.74. The molecule has 0 aliphatic carbocycles. The van der Waals surface area contributed by atoms with Crippen LogP contribution in [0.5, 0.6) is 5.75 Å². The molecule has 1 aromatic heterocycles. The molecule has 0 aliphatic heterocycles. The van der Waals surface area contributed by atoms with E-state index in [2.05, 4.69) is 15.6 Å². The molecule has 1 heterocycles. The summed E-state index contributed by atoms with van der Waals surface area (Å²) in [6.07, 6.45) is 1.40. The van der Waals surface area contributed by atoms with Crippen molar-refractivity contribution in [2.75, 3.05) is 6.54 Å². The van der Waals surface area contributed by atoms with Gasteiger partial charge in [0.2, 0.25) is 0 Å². The fraction of sp³-hybridized carbons (Fsp3) is 0.333. The van der Waals surface area contributed by atoms with E-state index >= 15 is 0 Å². The van der Waals surface area contributed by atoms with E-state index in [4.69, 9.17) is 4.74 Å². The van der Waals surface area contributed by atoms with Gasteiger partial charge in [-0.2, -0.15) is 0 Å². The van der Waals surface area contributed by atoms with E-state index in [1.54, 1.807) is 31.3 Å². The number of hydrogen-bond donors (Lipinski definition) is 2. The first-order chi connectivity index (χ1) is 10.5. The van der Waals surface area contributed by atoms with Gasteiger partial charge in [0, 0.05) is 11.1 Å². The van der Waals surface area contributed by atoms with Crippen LogP contribution in [0.15, 0.2) is 30.5 Å². The monoisotopic (exact) mass is 323 g/mol. The molecule has 2 rings (SSSR count). The third-order valence-corrected chi connectivity index (χ3v) is 3.72. The maximum absolute atomic E-state index is 13.4. The second-order valence-corrected chi connectivity index (χ2v) is 6.09. The number of carbonyl (C=O) groups is 1. The van der Waals surface area contributed by atoms with Crippen molar-refractivity contribution in [3.8, 4) is 5.75 Å². The van der Waals surface area contributed by atoms with E-state index in [1.165, 1.54) is 17.4 Å². The number of halogens is 1. The Kier molecular flexibility index (Phi) is 5.71. The average Bonchev–Trinajstić information content (AvgIpc) is 2.91. The van der Waals surface area contributed by atoms with Gasteiger partial charge in [-0.15, -0.1) is 11.3 Å². The Morgan fingerprint density at radius 1 is 1.41 bits per heavy atom. The summed E-state index contributed by atoms with van der Waals surface area (Å²) < 4.78 is 18.9. The zero-order valence-electron chi connectivity index (χ0n) is 12.4. The molecule has 2 aromatic rings. The first kappa shape index (κ1) is 16.2. The number of benzene rings is 1. The summed E-state index contributed by atoms with van der Waals surface area (Å²) in [7, 11) is 0. The minimum atomic E-state index is -0.417. The van der Waals surface area contributed by atoms with E-state index in [0.29, 0.717) is 6.54 Å². The number of amides is 2. The van der Waals surface area contributed by atoms with Gasteiger partial charge < -0.3 is 15.4 Å². The summed E-state index contributed by atoms with van der Waals surface area (Å²) in [6, 6.07) is 5.88. The zero-order chi connectivity index (χ0) is 15.9. The van der Waals surface area contributed by atoms with E-state index in [9.17, 15) is 9.18 Å². The van der Waals surface area contributed by atoms with Crippen molar-refractivity contribution in [1.82, 2.24) is 15.6 Å². The van der Waals surface area contributed by atoms with Gasteiger partial charge in [0.15, 0.2) is 11.6 Å². The van der Waals surface area contributed by atoms with E-state index in [1.807, 2.05) is 6.92 Å². The SMILES string of the molecule is Cc1ncc(CNC(=O)NC[C@H](C)Oc2ccccc2F)s1. The highest BCUT2D eigenvalue weighted by molar-refractivity contribution is 7.11. The highest BCUT2D eigenvalue weighted by atomic mass is 32.1. The number of nitrogens with one attached hydrogen (secondary N) is 2. The molecule has 0 bridgehead atoms. The van der Waals surface area contributed by atoms with Crippen LogP contribution < -0.4 is 15.4 Å². The van der Waals surface area contributed by atoms with Crippen molar-refractivity contribution in [1.29, 1.82) is 0 Å². The van der Waals surface area contributed by atoms with Crippen LogP contribution in [0.2, 0.25) is 0 Å². The largest absolute Gasteiger partial charge is 0.486 e. The highest BCUT2D eigenvalue weighted by Crippen LogP contribution is 2.16. The number of thiazole rings is 1. The molecule has 1 atom stereocenters. The Balaban J connectivity index is 1.70. The molecule has 22 heavy (non-hydrogen) atoms. The van der Waals surface area contributed by atoms with E-state index in [0.717, 1.165) is 9.88 Å². The van der Waals surface area contributed by atoms with E-state index < -0.39 is 5.82 Å². The van der Waals surface area contributed by atoms with Gasteiger partial charge >= 0.3 is 6.03 Å². The first-order valence-corrected chi connectivity index (χ1v) is 7.70. The molecular formula is C15H18FN3O2S. The Labute approximate surface area is 132 Å². The van der Waals surface area contributed by atoms with Crippen LogP contribution in [0, 0.1) is 12.7 Å². The Morgan fingerprint density at radius 3 is 2.86 bits per heavy atom. The predicted molar refractivity (Wildman–Crippen MR) is 83.6 cm³/mol. The fourth-order valence-electron chi connectivity index (χ4n) is 1.75. The number of aryl methyl sites for hydroxylation is 1. The Hall–Kier alpha value is -2.15. The molecular weight excluding hydrogens is 305 g/mol. The van der Waals surface area contributed by atoms with Crippen molar-refractivity contribution in [3.63, 3.8) is 0 Å². The van der Waals surface area contributed by atoms with Crippen LogP contribution in [0.25, 0.3) is 0 Å². The smallest absolute Gasteiger partial charge is 0.315 e. The van der Waals surface area contributed by atoms with Crippen molar-refractivity contribution >= 4 is 17.4 Å². The lowest BCUT2D eigenvalue weighted by Gasteiger charge is -2.16. The van der Waals surface area contributed by atoms with Crippen LogP contribution in [0.4, 0.5) is 9.18 Å². The van der Waals surface area contributed by atoms with Crippen molar-refractivity contribution in [2.24, 2.45) is 0 Å². The molecule has 1 aromatic carbocycles. The Morgan fingerprint density at radius 2 is 2.18 bits per heavy atom. The molecule has 0 spiro atoms. The standard InChI is InChI=1S/C15H18FN3O2S/c1-10(21-14-6-4-3-5-13(14)16)7-18-15(20)19-9-12-8-17-11(2)22-12/h3-6,8,10H,7,9H2,1-2H3,(H2,18,19,20)/t10-/m0/s1. The van der Waals surface area contributed by atoms with Gasteiger partial charge in [-0.25, -0.2) is 14.2 Å². The minimum Gasteiger partial charge on any atom is -0.486 e. The van der Waals surface area contributed by atoms with Crippen molar-refractivity contribution < 1.29 is 13.9 Å². The third kappa shape index (κ3) is 5.00. The molecule has 7 heteroatoms. The summed E-state index contributed by atoms with van der Waals surface area (Å²) in [6.45, 7) is 4.39. The molecule has 0 radical (unpaired) electrons. The second-order valence-electron chi connectivity index (χ2n) is 4.77. The molecule has 0 saturated heterocycles.